The molecule has 19 heavy (non-hydrogen) atoms. The third-order valence-electron chi connectivity index (χ3n) is 2.98. The molecule has 0 aliphatic rings. The summed E-state index contributed by atoms with van der Waals surface area (Å²) in [5.74, 6) is 0.783. The van der Waals surface area contributed by atoms with Gasteiger partial charge in [-0.3, -0.25) is 0 Å². The lowest BCUT2D eigenvalue weighted by Gasteiger charge is -2.09. The number of benzene rings is 2. The monoisotopic (exact) mass is 256 g/mol. The Bertz CT molecular complexity index is 511. The summed E-state index contributed by atoms with van der Waals surface area (Å²) in [4.78, 5) is 0. The molecule has 3 nitrogen and oxygen atoms in total. The van der Waals surface area contributed by atoms with E-state index in [1.807, 2.05) is 24.3 Å². The molecule has 0 unspecified atom stereocenters. The minimum atomic E-state index is 0.713. The topological polar surface area (TPSA) is 47.3 Å². The first kappa shape index (κ1) is 13.3. The van der Waals surface area contributed by atoms with Gasteiger partial charge in [0, 0.05) is 30.1 Å². The van der Waals surface area contributed by atoms with Crippen LogP contribution in [0.4, 0.5) is 11.4 Å². The molecule has 0 fully saturated rings. The van der Waals surface area contributed by atoms with Crippen LogP contribution >= 0.6 is 0 Å². The number of nitrogen functional groups attached to an aromatic ring is 1. The van der Waals surface area contributed by atoms with Crippen LogP contribution in [-0.2, 0) is 6.42 Å². The van der Waals surface area contributed by atoms with Gasteiger partial charge >= 0.3 is 0 Å². The minimum Gasteiger partial charge on any atom is -0.497 e. The van der Waals surface area contributed by atoms with Crippen molar-refractivity contribution < 1.29 is 4.74 Å². The fourth-order valence-electron chi connectivity index (χ4n) is 2.01. The van der Waals surface area contributed by atoms with E-state index in [4.69, 9.17) is 10.5 Å². The SMILES string of the molecule is COc1cc(N)cc(NCCCc2ccccc2)c1. The maximum atomic E-state index is 5.81. The van der Waals surface area contributed by atoms with E-state index in [0.717, 1.165) is 30.8 Å². The Kier molecular flexibility index (Phi) is 4.67. The molecule has 0 aliphatic heterocycles. The van der Waals surface area contributed by atoms with Crippen molar-refractivity contribution in [2.45, 2.75) is 12.8 Å². The first-order valence-corrected chi connectivity index (χ1v) is 6.50. The largest absolute Gasteiger partial charge is 0.497 e. The summed E-state index contributed by atoms with van der Waals surface area (Å²) in [6.07, 6.45) is 2.16. The molecule has 0 atom stereocenters. The van der Waals surface area contributed by atoms with Gasteiger partial charge in [0.05, 0.1) is 7.11 Å². The Labute approximate surface area is 114 Å². The van der Waals surface area contributed by atoms with Crippen molar-refractivity contribution in [2.24, 2.45) is 0 Å². The molecule has 0 amide bonds. The number of hydrogen-bond donors (Lipinski definition) is 2. The van der Waals surface area contributed by atoms with E-state index in [-0.39, 0.29) is 0 Å². The third kappa shape index (κ3) is 4.21. The summed E-state index contributed by atoms with van der Waals surface area (Å²) < 4.78 is 5.19. The quantitative estimate of drug-likeness (QED) is 0.615. The molecule has 0 saturated heterocycles. The molecule has 0 aromatic heterocycles. The first-order valence-electron chi connectivity index (χ1n) is 6.50. The van der Waals surface area contributed by atoms with Crippen LogP contribution in [0.2, 0.25) is 0 Å². The number of rotatable bonds is 6. The highest BCUT2D eigenvalue weighted by molar-refractivity contribution is 5.59. The zero-order chi connectivity index (χ0) is 13.5. The van der Waals surface area contributed by atoms with Gasteiger partial charge in [-0.2, -0.15) is 0 Å². The molecule has 0 bridgehead atoms. The van der Waals surface area contributed by atoms with Gasteiger partial charge < -0.3 is 15.8 Å². The fraction of sp³-hybridized carbons (Fsp3) is 0.250. The molecule has 2 rings (SSSR count). The Hall–Kier alpha value is -2.16. The van der Waals surface area contributed by atoms with Crippen LogP contribution < -0.4 is 15.8 Å². The second kappa shape index (κ2) is 6.69. The highest BCUT2D eigenvalue weighted by Gasteiger charge is 1.99. The van der Waals surface area contributed by atoms with E-state index < -0.39 is 0 Å². The molecule has 2 aromatic rings. The number of anilines is 2. The first-order chi connectivity index (χ1) is 9.28. The van der Waals surface area contributed by atoms with Gasteiger partial charge in [-0.15, -0.1) is 0 Å². The second-order valence-corrected chi connectivity index (χ2v) is 4.51. The predicted molar refractivity (Wildman–Crippen MR) is 80.7 cm³/mol. The van der Waals surface area contributed by atoms with Gasteiger partial charge in [0.1, 0.15) is 5.75 Å². The fourth-order valence-corrected chi connectivity index (χ4v) is 2.01. The summed E-state index contributed by atoms with van der Waals surface area (Å²) in [6, 6.07) is 16.2. The van der Waals surface area contributed by atoms with Gasteiger partial charge in [0.25, 0.3) is 0 Å². The Morgan fingerprint density at radius 3 is 2.63 bits per heavy atom. The summed E-state index contributed by atoms with van der Waals surface area (Å²) in [5, 5.41) is 3.37. The molecule has 0 heterocycles. The van der Waals surface area contributed by atoms with E-state index in [1.165, 1.54) is 5.56 Å². The summed E-state index contributed by atoms with van der Waals surface area (Å²) in [5.41, 5.74) is 8.90. The Balaban J connectivity index is 1.81. The minimum absolute atomic E-state index is 0.713. The van der Waals surface area contributed by atoms with Crippen molar-refractivity contribution in [3.8, 4) is 5.75 Å². The van der Waals surface area contributed by atoms with Crippen molar-refractivity contribution in [1.29, 1.82) is 0 Å². The molecular weight excluding hydrogens is 236 g/mol. The predicted octanol–water partition coefficient (Wildman–Crippen LogP) is 3.32. The van der Waals surface area contributed by atoms with Gasteiger partial charge in [0.2, 0.25) is 0 Å². The number of ether oxygens (including phenoxy) is 1. The average molecular weight is 256 g/mol. The Morgan fingerprint density at radius 1 is 1.11 bits per heavy atom. The van der Waals surface area contributed by atoms with Crippen LogP contribution in [0.3, 0.4) is 0 Å². The lowest BCUT2D eigenvalue weighted by molar-refractivity contribution is 0.415. The maximum Gasteiger partial charge on any atom is 0.122 e. The van der Waals surface area contributed by atoms with E-state index in [1.54, 1.807) is 7.11 Å². The van der Waals surface area contributed by atoms with Gasteiger partial charge in [-0.25, -0.2) is 0 Å². The third-order valence-corrected chi connectivity index (χ3v) is 2.98. The Morgan fingerprint density at radius 2 is 1.89 bits per heavy atom. The van der Waals surface area contributed by atoms with Gasteiger partial charge in [-0.1, -0.05) is 30.3 Å². The molecule has 0 saturated carbocycles. The van der Waals surface area contributed by atoms with Crippen LogP contribution in [0.5, 0.6) is 5.75 Å². The standard InChI is InChI=1S/C16H20N2O/c1-19-16-11-14(17)10-15(12-16)18-9-5-8-13-6-3-2-4-7-13/h2-4,6-7,10-12,18H,5,8-9,17H2,1H3. The summed E-state index contributed by atoms with van der Waals surface area (Å²) in [6.45, 7) is 0.918. The smallest absolute Gasteiger partial charge is 0.122 e. The normalized spacial score (nSPS) is 10.2. The molecule has 0 radical (unpaired) electrons. The molecule has 2 aromatic carbocycles. The van der Waals surface area contributed by atoms with E-state index in [9.17, 15) is 0 Å². The van der Waals surface area contributed by atoms with E-state index in [0.29, 0.717) is 5.69 Å². The number of nitrogens with two attached hydrogens (primary N) is 1. The zero-order valence-corrected chi connectivity index (χ0v) is 11.2. The summed E-state index contributed by atoms with van der Waals surface area (Å²) >= 11 is 0. The van der Waals surface area contributed by atoms with Crippen molar-refractivity contribution >= 4 is 11.4 Å². The molecule has 3 heteroatoms. The highest BCUT2D eigenvalue weighted by atomic mass is 16.5. The van der Waals surface area contributed by atoms with Crippen molar-refractivity contribution in [1.82, 2.24) is 0 Å². The average Bonchev–Trinajstić information content (AvgIpc) is 2.44. The van der Waals surface area contributed by atoms with Crippen LogP contribution in [0.1, 0.15) is 12.0 Å². The second-order valence-electron chi connectivity index (χ2n) is 4.51. The molecule has 0 spiro atoms. The molecular formula is C16H20N2O. The lowest BCUT2D eigenvalue weighted by Crippen LogP contribution is -2.03. The van der Waals surface area contributed by atoms with Gasteiger partial charge in [0.15, 0.2) is 0 Å². The van der Waals surface area contributed by atoms with Crippen LogP contribution in [0.15, 0.2) is 48.5 Å². The number of nitrogens with one attached hydrogen (secondary N) is 1. The number of hydrogen-bond acceptors (Lipinski definition) is 3. The number of methoxy groups -OCH3 is 1. The maximum absolute atomic E-state index is 5.81. The molecule has 0 aliphatic carbocycles. The van der Waals surface area contributed by atoms with Crippen LogP contribution in [0, 0.1) is 0 Å². The lowest BCUT2D eigenvalue weighted by atomic mass is 10.1. The summed E-state index contributed by atoms with van der Waals surface area (Å²) in [7, 11) is 1.65. The van der Waals surface area contributed by atoms with Crippen LogP contribution in [-0.4, -0.2) is 13.7 Å². The van der Waals surface area contributed by atoms with Crippen LogP contribution in [0.25, 0.3) is 0 Å². The van der Waals surface area contributed by atoms with Crippen molar-refractivity contribution in [2.75, 3.05) is 24.7 Å². The highest BCUT2D eigenvalue weighted by Crippen LogP contribution is 2.22. The molecule has 100 valence electrons. The molecule has 3 N–H and O–H groups in total. The zero-order valence-electron chi connectivity index (χ0n) is 11.2. The van der Waals surface area contributed by atoms with E-state index >= 15 is 0 Å². The van der Waals surface area contributed by atoms with Crippen molar-refractivity contribution in [3.05, 3.63) is 54.1 Å². The number of aryl methyl sites for hydroxylation is 1. The van der Waals surface area contributed by atoms with Crippen molar-refractivity contribution in [3.63, 3.8) is 0 Å². The van der Waals surface area contributed by atoms with E-state index in [2.05, 4.69) is 29.6 Å². The van der Waals surface area contributed by atoms with Gasteiger partial charge in [-0.05, 0) is 24.5 Å².